The molecule has 2 heterocycles. The molecule has 1 N–H and O–H groups in total. The van der Waals surface area contributed by atoms with Crippen LogP contribution < -0.4 is 14.4 Å². The second-order valence-electron chi connectivity index (χ2n) is 13.3. The number of carboxylic acid groups (broad SMARTS) is 1. The molecule has 0 radical (unpaired) electrons. The summed E-state index contributed by atoms with van der Waals surface area (Å²) in [5.41, 5.74) is 3.58. The third kappa shape index (κ3) is 7.70. The van der Waals surface area contributed by atoms with Gasteiger partial charge in [0.1, 0.15) is 11.5 Å². The molecule has 46 heavy (non-hydrogen) atoms. The van der Waals surface area contributed by atoms with Gasteiger partial charge in [-0.05, 0) is 58.4 Å². The van der Waals surface area contributed by atoms with Gasteiger partial charge in [-0.2, -0.15) is 0 Å². The lowest BCUT2D eigenvalue weighted by Crippen LogP contribution is -2.59. The van der Waals surface area contributed by atoms with Crippen molar-refractivity contribution in [3.05, 3.63) is 53.6 Å². The maximum atomic E-state index is 12.8. The smallest absolute Gasteiger partial charge is 0.407 e. The summed E-state index contributed by atoms with van der Waals surface area (Å²) in [4.78, 5) is 28.4. The first-order valence-electron chi connectivity index (χ1n) is 16.4. The van der Waals surface area contributed by atoms with E-state index in [1.807, 2.05) is 42.5 Å². The van der Waals surface area contributed by atoms with E-state index in [0.29, 0.717) is 47.6 Å². The summed E-state index contributed by atoms with van der Waals surface area (Å²) in [5.74, 6) is 1.09. The maximum absolute atomic E-state index is 12.8. The number of carbonyl (C=O) groups is 2. The zero-order valence-electron chi connectivity index (χ0n) is 28.7. The molecule has 3 atom stereocenters. The monoisotopic (exact) mass is 656 g/mol. The Morgan fingerprint density at radius 2 is 1.63 bits per heavy atom. The van der Waals surface area contributed by atoms with Gasteiger partial charge >= 0.3 is 6.09 Å². The van der Waals surface area contributed by atoms with Crippen molar-refractivity contribution in [3.63, 3.8) is 0 Å². The van der Waals surface area contributed by atoms with Crippen molar-refractivity contribution in [2.45, 2.75) is 89.3 Å². The van der Waals surface area contributed by atoms with Gasteiger partial charge in [0.05, 0.1) is 38.2 Å². The van der Waals surface area contributed by atoms with Crippen LogP contribution in [0.4, 0.5) is 10.5 Å². The Bertz CT molecular complexity index is 1300. The zero-order chi connectivity index (χ0) is 33.6. The first-order chi connectivity index (χ1) is 21.9. The zero-order valence-corrected chi connectivity index (χ0v) is 29.7. The van der Waals surface area contributed by atoms with Crippen LogP contribution in [0.1, 0.15) is 65.0 Å². The summed E-state index contributed by atoms with van der Waals surface area (Å²) in [7, 11) is 0.893. The molecule has 0 bridgehead atoms. The van der Waals surface area contributed by atoms with Crippen molar-refractivity contribution in [1.29, 1.82) is 0 Å². The quantitative estimate of drug-likeness (QED) is 0.177. The van der Waals surface area contributed by atoms with Crippen molar-refractivity contribution in [2.75, 3.05) is 52.0 Å². The number of methoxy groups -OCH3 is 2. The standard InChI is InChI=1S/C35H52N2O8Si/c1-23(2)46(24(3)4,25(5)6)45-32-20-36(35(39)40)19-31(34(32)27-11-13-28(42-8)14-12-27)43-21-26-10-15-30-29(18-26)37(16-9-17-41-7)33(38)22-44-30/h10-15,18,23-25,31-32,34H,9,16-17,19-22H2,1-8H3,(H,39,40)/t31-,32+,34+/m0/s1. The topological polar surface area (TPSA) is 107 Å². The first-order valence-corrected chi connectivity index (χ1v) is 18.5. The van der Waals surface area contributed by atoms with Crippen LogP contribution in [0, 0.1) is 0 Å². The lowest BCUT2D eigenvalue weighted by Gasteiger charge is -2.50. The van der Waals surface area contributed by atoms with Gasteiger partial charge in [0, 0.05) is 32.7 Å². The second-order valence-corrected chi connectivity index (χ2v) is 18.7. The maximum Gasteiger partial charge on any atom is 0.407 e. The fourth-order valence-electron chi connectivity index (χ4n) is 7.48. The van der Waals surface area contributed by atoms with Gasteiger partial charge in [0.15, 0.2) is 6.61 Å². The van der Waals surface area contributed by atoms with E-state index in [2.05, 4.69) is 41.5 Å². The summed E-state index contributed by atoms with van der Waals surface area (Å²) in [5, 5.41) is 10.2. The number of carbonyl (C=O) groups excluding carboxylic acids is 1. The Morgan fingerprint density at radius 3 is 2.22 bits per heavy atom. The van der Waals surface area contributed by atoms with Crippen LogP contribution in [-0.2, 0) is 25.3 Å². The number of piperidine rings is 1. The number of anilines is 1. The summed E-state index contributed by atoms with van der Waals surface area (Å²) < 4.78 is 30.4. The fourth-order valence-corrected chi connectivity index (χ4v) is 13.0. The van der Waals surface area contributed by atoms with E-state index in [9.17, 15) is 14.7 Å². The lowest BCUT2D eigenvalue weighted by atomic mass is 9.84. The van der Waals surface area contributed by atoms with E-state index in [4.69, 9.17) is 23.4 Å². The van der Waals surface area contributed by atoms with Crippen molar-refractivity contribution in [2.24, 2.45) is 0 Å². The molecule has 1 saturated heterocycles. The molecule has 2 amide bonds. The minimum absolute atomic E-state index is 0.00178. The van der Waals surface area contributed by atoms with Gasteiger partial charge in [0.2, 0.25) is 8.32 Å². The molecule has 2 aromatic rings. The molecule has 4 rings (SSSR count). The number of benzene rings is 2. The van der Waals surface area contributed by atoms with Crippen molar-refractivity contribution in [3.8, 4) is 11.5 Å². The average molecular weight is 657 g/mol. The fraction of sp³-hybridized carbons (Fsp3) is 0.600. The minimum Gasteiger partial charge on any atom is -0.497 e. The molecule has 1 fully saturated rings. The molecular formula is C35H52N2O8Si. The number of rotatable bonds is 14. The van der Waals surface area contributed by atoms with Gasteiger partial charge < -0.3 is 38.3 Å². The molecule has 11 heteroatoms. The lowest BCUT2D eigenvalue weighted by molar-refractivity contribution is -0.121. The molecule has 0 spiro atoms. The van der Waals surface area contributed by atoms with Gasteiger partial charge in [-0.3, -0.25) is 4.79 Å². The number of amides is 2. The van der Waals surface area contributed by atoms with E-state index < -0.39 is 26.6 Å². The van der Waals surface area contributed by atoms with E-state index in [0.717, 1.165) is 16.9 Å². The molecule has 0 unspecified atom stereocenters. The van der Waals surface area contributed by atoms with Crippen LogP contribution in [0.3, 0.4) is 0 Å². The molecule has 2 aliphatic rings. The van der Waals surface area contributed by atoms with Crippen LogP contribution in [0.5, 0.6) is 11.5 Å². The minimum atomic E-state index is -2.39. The Hall–Kier alpha value is -3.12. The van der Waals surface area contributed by atoms with E-state index >= 15 is 0 Å². The average Bonchev–Trinajstić information content (AvgIpc) is 3.02. The van der Waals surface area contributed by atoms with Crippen LogP contribution >= 0.6 is 0 Å². The molecule has 0 aliphatic carbocycles. The van der Waals surface area contributed by atoms with Crippen LogP contribution in [0.2, 0.25) is 16.6 Å². The number of nitrogens with zero attached hydrogens (tertiary/aromatic N) is 2. The van der Waals surface area contributed by atoms with E-state index in [1.165, 1.54) is 4.90 Å². The summed E-state index contributed by atoms with van der Waals surface area (Å²) in [6.07, 6.45) is -1.16. The highest BCUT2D eigenvalue weighted by Crippen LogP contribution is 2.46. The number of hydrogen-bond donors (Lipinski definition) is 1. The number of fused-ring (bicyclic) bond motifs is 1. The summed E-state index contributed by atoms with van der Waals surface area (Å²) >= 11 is 0. The second kappa shape index (κ2) is 15.6. The normalized spacial score (nSPS) is 20.3. The molecule has 10 nitrogen and oxygen atoms in total. The van der Waals surface area contributed by atoms with Gasteiger partial charge in [-0.25, -0.2) is 4.79 Å². The third-order valence-electron chi connectivity index (χ3n) is 9.60. The predicted molar refractivity (Wildman–Crippen MR) is 181 cm³/mol. The van der Waals surface area contributed by atoms with Gasteiger partial charge in [-0.15, -0.1) is 0 Å². The summed E-state index contributed by atoms with van der Waals surface area (Å²) in [6.45, 7) is 15.2. The number of likely N-dealkylation sites (tertiary alicyclic amines) is 1. The molecule has 2 aliphatic heterocycles. The molecular weight excluding hydrogens is 604 g/mol. The molecule has 254 valence electrons. The Morgan fingerprint density at radius 1 is 0.978 bits per heavy atom. The van der Waals surface area contributed by atoms with Crippen molar-refractivity contribution >= 4 is 26.0 Å². The Kier molecular flexibility index (Phi) is 12.2. The SMILES string of the molecule is COCCCN1C(=O)COc2ccc(CO[C@H]3CN(C(=O)O)C[C@@H](O[Si](C(C)C)(C(C)C)C(C)C)[C@@H]3c3ccc(OC)cc3)cc21. The van der Waals surface area contributed by atoms with Crippen molar-refractivity contribution in [1.82, 2.24) is 4.90 Å². The van der Waals surface area contributed by atoms with Gasteiger partial charge in [-0.1, -0.05) is 59.7 Å². The van der Waals surface area contributed by atoms with Crippen LogP contribution in [-0.4, -0.2) is 89.6 Å². The van der Waals surface area contributed by atoms with E-state index in [-0.39, 0.29) is 38.1 Å². The highest BCUT2D eigenvalue weighted by Gasteiger charge is 2.51. The number of hydrogen-bond acceptors (Lipinski definition) is 7. The van der Waals surface area contributed by atoms with E-state index in [1.54, 1.807) is 19.1 Å². The highest BCUT2D eigenvalue weighted by molar-refractivity contribution is 6.77. The molecule has 0 aromatic heterocycles. The summed E-state index contributed by atoms with van der Waals surface area (Å²) in [6, 6.07) is 13.7. The first kappa shape index (κ1) is 35.7. The number of ether oxygens (including phenoxy) is 4. The van der Waals surface area contributed by atoms with Crippen LogP contribution in [0.15, 0.2) is 42.5 Å². The van der Waals surface area contributed by atoms with Crippen LogP contribution in [0.25, 0.3) is 0 Å². The Labute approximate surface area is 275 Å². The third-order valence-corrected chi connectivity index (χ3v) is 15.7. The Balaban J connectivity index is 1.69. The molecule has 2 aromatic carbocycles. The van der Waals surface area contributed by atoms with Gasteiger partial charge in [0.25, 0.3) is 5.91 Å². The highest BCUT2D eigenvalue weighted by atomic mass is 28.4. The van der Waals surface area contributed by atoms with Crippen molar-refractivity contribution < 1.29 is 38.1 Å². The predicted octanol–water partition coefficient (Wildman–Crippen LogP) is 6.68. The largest absolute Gasteiger partial charge is 0.497 e. The molecule has 0 saturated carbocycles.